The molecule has 0 atom stereocenters. The monoisotopic (exact) mass is 160 g/mol. The molecular formula is C8H4N2O2. The fourth-order valence-electron chi connectivity index (χ4n) is 0.764. The van der Waals surface area contributed by atoms with Crippen molar-refractivity contribution in [3.05, 3.63) is 55.8 Å². The molecule has 0 saturated heterocycles. The van der Waals surface area contributed by atoms with Crippen molar-refractivity contribution in [2.24, 2.45) is 0 Å². The van der Waals surface area contributed by atoms with Gasteiger partial charge in [-0.15, -0.1) is 0 Å². The van der Waals surface area contributed by atoms with E-state index in [1.54, 1.807) is 18.2 Å². The second-order valence-electron chi connectivity index (χ2n) is 1.99. The molecule has 4 heteroatoms. The fourth-order valence-corrected chi connectivity index (χ4v) is 0.764. The zero-order valence-corrected chi connectivity index (χ0v) is 6.02. The Labute approximate surface area is 68.9 Å². The van der Waals surface area contributed by atoms with E-state index in [2.05, 4.69) is 22.2 Å². The molecule has 12 heavy (non-hydrogen) atoms. The summed E-state index contributed by atoms with van der Waals surface area (Å²) in [6.45, 7) is 0. The number of benzene rings is 1. The summed E-state index contributed by atoms with van der Waals surface area (Å²) in [6.07, 6.45) is 0. The van der Waals surface area contributed by atoms with Crippen LogP contribution in [0.1, 0.15) is 11.1 Å². The molecule has 58 valence electrons. The summed E-state index contributed by atoms with van der Waals surface area (Å²) in [7, 11) is 0. The number of hydrogen-bond acceptors (Lipinski definition) is 2. The van der Waals surface area contributed by atoms with Crippen LogP contribution < -0.4 is 0 Å². The van der Waals surface area contributed by atoms with Gasteiger partial charge in [0.2, 0.25) is 0 Å². The zero-order valence-electron chi connectivity index (χ0n) is 6.02. The Bertz CT molecular complexity index is 357. The molecule has 1 rings (SSSR count). The molecule has 0 aliphatic heterocycles. The van der Waals surface area contributed by atoms with Crippen LogP contribution in [0.2, 0.25) is 0 Å². The molecule has 4 nitrogen and oxygen atoms in total. The molecule has 0 spiro atoms. The Hall–Kier alpha value is -2.20. The van der Waals surface area contributed by atoms with E-state index in [4.69, 9.17) is 0 Å². The summed E-state index contributed by atoms with van der Waals surface area (Å²) in [4.78, 5) is 0. The van der Waals surface area contributed by atoms with Crippen molar-refractivity contribution in [2.75, 3.05) is 0 Å². The van der Waals surface area contributed by atoms with Crippen LogP contribution in [0.15, 0.2) is 24.3 Å². The van der Waals surface area contributed by atoms with Crippen molar-refractivity contribution >= 4 is 0 Å². The van der Waals surface area contributed by atoms with Crippen molar-refractivity contribution in [3.63, 3.8) is 0 Å². The Morgan fingerprint density at radius 3 is 1.92 bits per heavy atom. The molecule has 0 saturated carbocycles. The summed E-state index contributed by atoms with van der Waals surface area (Å²) in [5.74, 6) is 0. The molecule has 0 aliphatic carbocycles. The number of rotatable bonds is 0. The normalized spacial score (nSPS) is 7.33. The first-order valence-electron chi connectivity index (χ1n) is 3.13. The number of nitrogens with zero attached hydrogens (tertiary/aromatic N) is 2. The second kappa shape index (κ2) is 3.85. The molecule has 0 unspecified atom stereocenters. The van der Waals surface area contributed by atoms with Gasteiger partial charge >= 0.3 is 12.1 Å². The van der Waals surface area contributed by atoms with Crippen LogP contribution in [0.4, 0.5) is 0 Å². The molecular weight excluding hydrogens is 156 g/mol. The van der Waals surface area contributed by atoms with Gasteiger partial charge in [0.1, 0.15) is 11.1 Å². The predicted molar refractivity (Wildman–Crippen MR) is 45.9 cm³/mol. The minimum atomic E-state index is 0.499. The van der Waals surface area contributed by atoms with Gasteiger partial charge in [0, 0.05) is 10.0 Å². The average Bonchev–Trinajstić information content (AvgIpc) is 2.06. The molecule has 0 aliphatic rings. The van der Waals surface area contributed by atoms with Crippen molar-refractivity contribution in [1.29, 1.82) is 0 Å². The lowest BCUT2D eigenvalue weighted by molar-refractivity contribution is 1.59. The number of hydrogen-bond donors (Lipinski definition) is 0. The molecule has 0 radical (unpaired) electrons. The molecule has 0 amide bonds. The molecule has 0 fully saturated rings. The van der Waals surface area contributed by atoms with Crippen LogP contribution in [-0.4, -0.2) is 0 Å². The third kappa shape index (κ3) is 1.89. The Kier molecular flexibility index (Phi) is 2.53. The second-order valence-corrected chi connectivity index (χ2v) is 1.99. The van der Waals surface area contributed by atoms with Crippen LogP contribution >= 0.6 is 0 Å². The highest BCUT2D eigenvalue weighted by atomic mass is 16.4. The highest BCUT2D eigenvalue weighted by Gasteiger charge is 1.98. The third-order valence-electron chi connectivity index (χ3n) is 1.21. The van der Waals surface area contributed by atoms with Gasteiger partial charge in [0.25, 0.3) is 0 Å². The molecule has 0 heterocycles. The van der Waals surface area contributed by atoms with E-state index < -0.39 is 0 Å². The van der Waals surface area contributed by atoms with Gasteiger partial charge in [-0.2, -0.15) is 0 Å². The van der Waals surface area contributed by atoms with Gasteiger partial charge < -0.3 is 10.4 Å². The first kappa shape index (κ1) is 7.90. The summed E-state index contributed by atoms with van der Waals surface area (Å²) >= 11 is 0. The van der Waals surface area contributed by atoms with E-state index in [-0.39, 0.29) is 0 Å². The van der Waals surface area contributed by atoms with E-state index >= 15 is 0 Å². The highest BCUT2D eigenvalue weighted by molar-refractivity contribution is 5.41. The fraction of sp³-hybridized carbons (Fsp3) is 0. The molecule has 1 aromatic rings. The Morgan fingerprint density at radius 2 is 1.50 bits per heavy atom. The topological polar surface area (TPSA) is 54.8 Å². The summed E-state index contributed by atoms with van der Waals surface area (Å²) < 4.78 is 0. The Balaban J connectivity index is 3.06. The van der Waals surface area contributed by atoms with E-state index in [9.17, 15) is 10.4 Å². The lowest BCUT2D eigenvalue weighted by Crippen LogP contribution is -1.76. The van der Waals surface area contributed by atoms with Gasteiger partial charge in [0.05, 0.1) is 0 Å². The van der Waals surface area contributed by atoms with Crippen LogP contribution in [0.5, 0.6) is 0 Å². The zero-order chi connectivity index (χ0) is 8.81. The van der Waals surface area contributed by atoms with Crippen LogP contribution in [0.25, 0.3) is 10.0 Å². The molecule has 0 aromatic heterocycles. The maximum Gasteiger partial charge on any atom is 0.336 e. The minimum Gasteiger partial charge on any atom is -0.498 e. The lowest BCUT2D eigenvalue weighted by atomic mass is 10.2. The van der Waals surface area contributed by atoms with E-state index in [1.807, 2.05) is 0 Å². The summed E-state index contributed by atoms with van der Waals surface area (Å²) in [5, 5.41) is 24.5. The smallest absolute Gasteiger partial charge is 0.336 e. The molecule has 0 bridgehead atoms. The van der Waals surface area contributed by atoms with Gasteiger partial charge in [-0.3, -0.25) is 0 Å². The largest absolute Gasteiger partial charge is 0.498 e. The molecule has 0 N–H and O–H groups in total. The van der Waals surface area contributed by atoms with E-state index in [0.29, 0.717) is 11.1 Å². The standard InChI is InChI=1S/C8H4N2O2/c11-9-5-7-2-1-3-8(4-7)6-10-12/h1-4H. The van der Waals surface area contributed by atoms with Gasteiger partial charge in [-0.1, -0.05) is 6.07 Å². The maximum absolute atomic E-state index is 9.78. The van der Waals surface area contributed by atoms with E-state index in [0.717, 1.165) is 0 Å². The van der Waals surface area contributed by atoms with E-state index in [1.165, 1.54) is 6.07 Å². The predicted octanol–water partition coefficient (Wildman–Crippen LogP) is 2.04. The summed E-state index contributed by atoms with van der Waals surface area (Å²) in [5.41, 5.74) is 0.998. The van der Waals surface area contributed by atoms with Gasteiger partial charge in [-0.25, -0.2) is 0 Å². The van der Waals surface area contributed by atoms with Crippen molar-refractivity contribution in [3.8, 4) is 12.1 Å². The summed E-state index contributed by atoms with van der Waals surface area (Å²) in [6, 6.07) is 10.8. The molecule has 1 aromatic carbocycles. The van der Waals surface area contributed by atoms with Crippen molar-refractivity contribution < 1.29 is 0 Å². The van der Waals surface area contributed by atoms with Crippen molar-refractivity contribution in [2.45, 2.75) is 0 Å². The minimum absolute atomic E-state index is 0.499. The average molecular weight is 160 g/mol. The van der Waals surface area contributed by atoms with Crippen molar-refractivity contribution in [1.82, 2.24) is 0 Å². The van der Waals surface area contributed by atoms with Gasteiger partial charge in [0.15, 0.2) is 0 Å². The van der Waals surface area contributed by atoms with Crippen LogP contribution in [0, 0.1) is 22.6 Å². The van der Waals surface area contributed by atoms with Crippen LogP contribution in [-0.2, 0) is 0 Å². The first-order chi connectivity index (χ1) is 5.86. The SMILES string of the molecule is [O-][N+]#Cc1cccc(C#[N+][O-])c1. The first-order valence-corrected chi connectivity index (χ1v) is 3.13. The third-order valence-corrected chi connectivity index (χ3v) is 1.21. The highest BCUT2D eigenvalue weighted by Crippen LogP contribution is 2.02. The maximum atomic E-state index is 9.78. The quantitative estimate of drug-likeness (QED) is 0.545. The lowest BCUT2D eigenvalue weighted by Gasteiger charge is -1.82. The van der Waals surface area contributed by atoms with Crippen LogP contribution in [0.3, 0.4) is 0 Å². The Morgan fingerprint density at radius 1 is 1.00 bits per heavy atom. The van der Waals surface area contributed by atoms with Gasteiger partial charge in [-0.05, 0) is 18.2 Å².